The summed E-state index contributed by atoms with van der Waals surface area (Å²) < 4.78 is 10.3. The summed E-state index contributed by atoms with van der Waals surface area (Å²) >= 11 is 0. The summed E-state index contributed by atoms with van der Waals surface area (Å²) in [4.78, 5) is 25.0. The fourth-order valence-electron chi connectivity index (χ4n) is 2.84. The average Bonchev–Trinajstić information content (AvgIpc) is 2.85. The van der Waals surface area contributed by atoms with Crippen molar-refractivity contribution in [2.24, 2.45) is 0 Å². The molecule has 2 N–H and O–H groups in total. The molecule has 124 valence electrons. The first-order chi connectivity index (χ1) is 11.5. The number of ether oxygens (including phenoxy) is 2. The Balaban J connectivity index is 1.97. The largest absolute Gasteiger partial charge is 0.497 e. The number of benzene rings is 2. The van der Waals surface area contributed by atoms with Gasteiger partial charge in [0, 0.05) is 11.3 Å². The van der Waals surface area contributed by atoms with Gasteiger partial charge in [0.05, 0.1) is 26.2 Å². The lowest BCUT2D eigenvalue weighted by atomic mass is 9.88. The number of carbonyl (C=O) groups is 2. The van der Waals surface area contributed by atoms with Crippen LogP contribution in [0.15, 0.2) is 42.5 Å². The summed E-state index contributed by atoms with van der Waals surface area (Å²) in [5.74, 6) is -0.183. The molecule has 1 aliphatic rings. The molecule has 2 aromatic rings. The molecule has 1 atom stereocenters. The predicted octanol–water partition coefficient (Wildman–Crippen LogP) is 2.12. The summed E-state index contributed by atoms with van der Waals surface area (Å²) in [7, 11) is 2.94. The monoisotopic (exact) mass is 327 g/mol. The molecule has 0 saturated carbocycles. The van der Waals surface area contributed by atoms with Gasteiger partial charge < -0.3 is 19.9 Å². The second-order valence-electron chi connectivity index (χ2n) is 5.53. The van der Waals surface area contributed by atoms with E-state index < -0.39 is 17.3 Å². The van der Waals surface area contributed by atoms with E-state index in [1.807, 2.05) is 0 Å². The topological polar surface area (TPSA) is 84.9 Å². The number of ketones is 1. The molecule has 0 spiro atoms. The van der Waals surface area contributed by atoms with Crippen molar-refractivity contribution < 1.29 is 24.2 Å². The van der Waals surface area contributed by atoms with E-state index in [-0.39, 0.29) is 12.0 Å². The maximum Gasteiger partial charge on any atom is 0.261 e. The van der Waals surface area contributed by atoms with E-state index >= 15 is 0 Å². The van der Waals surface area contributed by atoms with Gasteiger partial charge in [0.25, 0.3) is 5.91 Å². The normalized spacial score (nSPS) is 18.7. The number of para-hydroxylation sites is 1. The van der Waals surface area contributed by atoms with E-state index in [1.165, 1.54) is 20.3 Å². The number of fused-ring (bicyclic) bond motifs is 1. The minimum Gasteiger partial charge on any atom is -0.497 e. The third-order valence-corrected chi connectivity index (χ3v) is 4.12. The molecule has 1 amide bonds. The van der Waals surface area contributed by atoms with Crippen molar-refractivity contribution in [3.63, 3.8) is 0 Å². The van der Waals surface area contributed by atoms with Crippen LogP contribution < -0.4 is 14.8 Å². The molecule has 0 saturated heterocycles. The van der Waals surface area contributed by atoms with Crippen LogP contribution in [-0.4, -0.2) is 31.0 Å². The van der Waals surface area contributed by atoms with Crippen molar-refractivity contribution in [3.8, 4) is 11.5 Å². The zero-order chi connectivity index (χ0) is 17.3. The highest BCUT2D eigenvalue weighted by atomic mass is 16.5. The molecule has 6 heteroatoms. The number of nitrogens with one attached hydrogen (secondary N) is 1. The molecule has 1 aliphatic heterocycles. The van der Waals surface area contributed by atoms with Crippen LogP contribution in [0.1, 0.15) is 22.3 Å². The van der Waals surface area contributed by atoms with E-state index in [9.17, 15) is 14.7 Å². The lowest BCUT2D eigenvalue weighted by Crippen LogP contribution is -2.36. The first kappa shape index (κ1) is 16.0. The Labute approximate surface area is 139 Å². The molecule has 24 heavy (non-hydrogen) atoms. The number of hydrogen-bond acceptors (Lipinski definition) is 5. The molecule has 0 fully saturated rings. The Morgan fingerprint density at radius 2 is 1.92 bits per heavy atom. The van der Waals surface area contributed by atoms with E-state index in [2.05, 4.69) is 5.32 Å². The first-order valence-corrected chi connectivity index (χ1v) is 7.38. The van der Waals surface area contributed by atoms with Crippen LogP contribution in [0.3, 0.4) is 0 Å². The van der Waals surface area contributed by atoms with E-state index in [1.54, 1.807) is 36.4 Å². The molecule has 6 nitrogen and oxygen atoms in total. The molecule has 0 aromatic heterocycles. The summed E-state index contributed by atoms with van der Waals surface area (Å²) in [6, 6.07) is 11.6. The maximum absolute atomic E-state index is 12.7. The van der Waals surface area contributed by atoms with Crippen molar-refractivity contribution in [3.05, 3.63) is 53.6 Å². The first-order valence-electron chi connectivity index (χ1n) is 7.38. The molecule has 0 bridgehead atoms. The lowest BCUT2D eigenvalue weighted by Gasteiger charge is -2.20. The van der Waals surface area contributed by atoms with Crippen LogP contribution in [0, 0.1) is 0 Å². The number of rotatable bonds is 5. The second kappa shape index (κ2) is 5.98. The molecule has 0 aliphatic carbocycles. The molecular weight excluding hydrogens is 310 g/mol. The molecule has 2 aromatic carbocycles. The van der Waals surface area contributed by atoms with Crippen molar-refractivity contribution in [2.45, 2.75) is 12.0 Å². The third kappa shape index (κ3) is 2.51. The Morgan fingerprint density at radius 3 is 2.62 bits per heavy atom. The standard InChI is InChI=1S/C18H17NO5/c1-23-11-7-8-16(24-2)12(9-11)15(20)10-18(22)13-5-3-4-6-14(13)19-17(18)21/h3-9,22H,10H2,1-2H3,(H,19,21)/t18-/m0/s1. The number of hydrogen-bond donors (Lipinski definition) is 2. The van der Waals surface area contributed by atoms with Crippen LogP contribution in [0.5, 0.6) is 11.5 Å². The van der Waals surface area contributed by atoms with Crippen LogP contribution >= 0.6 is 0 Å². The van der Waals surface area contributed by atoms with Gasteiger partial charge in [0.2, 0.25) is 0 Å². The van der Waals surface area contributed by atoms with E-state index in [0.29, 0.717) is 22.7 Å². The van der Waals surface area contributed by atoms with Crippen molar-refractivity contribution >= 4 is 17.4 Å². The Morgan fingerprint density at radius 1 is 1.17 bits per heavy atom. The molecule has 0 radical (unpaired) electrons. The lowest BCUT2D eigenvalue weighted by molar-refractivity contribution is -0.133. The van der Waals surface area contributed by atoms with Gasteiger partial charge in [0.1, 0.15) is 11.5 Å². The second-order valence-corrected chi connectivity index (χ2v) is 5.53. The number of carbonyl (C=O) groups excluding carboxylic acids is 2. The number of Topliss-reactive ketones (excluding diaryl/α,β-unsaturated/α-hetero) is 1. The quantitative estimate of drug-likeness (QED) is 0.822. The van der Waals surface area contributed by atoms with Gasteiger partial charge in [0.15, 0.2) is 11.4 Å². The Kier molecular flexibility index (Phi) is 3.99. The zero-order valence-corrected chi connectivity index (χ0v) is 13.3. The molecular formula is C18H17NO5. The Hall–Kier alpha value is -2.86. The molecule has 3 rings (SSSR count). The van der Waals surface area contributed by atoms with Crippen LogP contribution in [0.4, 0.5) is 5.69 Å². The minimum atomic E-state index is -1.90. The number of amides is 1. The highest BCUT2D eigenvalue weighted by Gasteiger charge is 2.46. The van der Waals surface area contributed by atoms with Crippen LogP contribution in [0.2, 0.25) is 0 Å². The van der Waals surface area contributed by atoms with Gasteiger partial charge in [-0.1, -0.05) is 18.2 Å². The summed E-state index contributed by atoms with van der Waals surface area (Å²) in [6.45, 7) is 0. The van der Waals surface area contributed by atoms with Crippen LogP contribution in [-0.2, 0) is 10.4 Å². The summed E-state index contributed by atoms with van der Waals surface area (Å²) in [5, 5.41) is 13.4. The Bertz CT molecular complexity index is 817. The van der Waals surface area contributed by atoms with Gasteiger partial charge >= 0.3 is 0 Å². The third-order valence-electron chi connectivity index (χ3n) is 4.12. The van der Waals surface area contributed by atoms with Gasteiger partial charge in [-0.2, -0.15) is 0 Å². The number of anilines is 1. The average molecular weight is 327 g/mol. The van der Waals surface area contributed by atoms with Crippen LogP contribution in [0.25, 0.3) is 0 Å². The summed E-state index contributed by atoms with van der Waals surface area (Å²) in [5.41, 5.74) is -0.745. The highest BCUT2D eigenvalue weighted by Crippen LogP contribution is 2.39. The van der Waals surface area contributed by atoms with Gasteiger partial charge in [-0.3, -0.25) is 9.59 Å². The predicted molar refractivity (Wildman–Crippen MR) is 87.5 cm³/mol. The maximum atomic E-state index is 12.7. The highest BCUT2D eigenvalue weighted by molar-refractivity contribution is 6.10. The number of methoxy groups -OCH3 is 2. The SMILES string of the molecule is COc1ccc(OC)c(C(=O)C[C@@]2(O)C(=O)Nc3ccccc32)c1. The van der Waals surface area contributed by atoms with Crippen molar-refractivity contribution in [2.75, 3.05) is 19.5 Å². The zero-order valence-electron chi connectivity index (χ0n) is 13.3. The number of aliphatic hydroxyl groups is 1. The van der Waals surface area contributed by atoms with Gasteiger partial charge in [-0.15, -0.1) is 0 Å². The van der Waals surface area contributed by atoms with Crippen molar-refractivity contribution in [1.29, 1.82) is 0 Å². The fourth-order valence-corrected chi connectivity index (χ4v) is 2.84. The van der Waals surface area contributed by atoms with Gasteiger partial charge in [-0.25, -0.2) is 0 Å². The van der Waals surface area contributed by atoms with E-state index in [0.717, 1.165) is 0 Å². The van der Waals surface area contributed by atoms with Gasteiger partial charge in [-0.05, 0) is 24.3 Å². The fraction of sp³-hybridized carbons (Fsp3) is 0.222. The van der Waals surface area contributed by atoms with Crippen molar-refractivity contribution in [1.82, 2.24) is 0 Å². The molecule has 0 unspecified atom stereocenters. The minimum absolute atomic E-state index is 0.252. The summed E-state index contributed by atoms with van der Waals surface area (Å²) in [6.07, 6.45) is -0.390. The molecule has 1 heterocycles. The smallest absolute Gasteiger partial charge is 0.261 e. The van der Waals surface area contributed by atoms with E-state index in [4.69, 9.17) is 9.47 Å².